The van der Waals surface area contributed by atoms with Gasteiger partial charge in [-0.1, -0.05) is 18.2 Å². The molecule has 0 bridgehead atoms. The topological polar surface area (TPSA) is 30.9 Å². The monoisotopic (exact) mass is 331 g/mol. The maximum atomic E-state index is 6.13. The summed E-state index contributed by atoms with van der Waals surface area (Å²) in [7, 11) is 0. The van der Waals surface area contributed by atoms with E-state index in [4.69, 9.17) is 14.2 Å². The van der Waals surface area contributed by atoms with Crippen LogP contribution < -0.4 is 9.47 Å². The highest BCUT2D eigenvalue weighted by molar-refractivity contribution is 5.40. The largest absolute Gasteiger partial charge is 0.486 e. The SMILES string of the molecule is C=CCC1(COCC)CCCN(CC2COc3ccccc3O2)C1. The molecule has 1 aromatic rings. The minimum absolute atomic E-state index is 0.0894. The second-order valence-electron chi connectivity index (χ2n) is 6.97. The van der Waals surface area contributed by atoms with Gasteiger partial charge in [0, 0.05) is 25.1 Å². The zero-order valence-electron chi connectivity index (χ0n) is 14.7. The highest BCUT2D eigenvalue weighted by Gasteiger charge is 2.36. The van der Waals surface area contributed by atoms with Gasteiger partial charge >= 0.3 is 0 Å². The van der Waals surface area contributed by atoms with Gasteiger partial charge < -0.3 is 14.2 Å². The van der Waals surface area contributed by atoms with Gasteiger partial charge in [-0.2, -0.15) is 0 Å². The van der Waals surface area contributed by atoms with E-state index in [9.17, 15) is 0 Å². The Kier molecular flexibility index (Phi) is 5.80. The zero-order chi connectivity index (χ0) is 16.8. The molecular formula is C20H29NO3. The van der Waals surface area contributed by atoms with E-state index in [0.717, 1.165) is 50.8 Å². The molecule has 1 fully saturated rings. The summed E-state index contributed by atoms with van der Waals surface area (Å²) < 4.78 is 17.8. The Hall–Kier alpha value is -1.52. The van der Waals surface area contributed by atoms with E-state index < -0.39 is 0 Å². The zero-order valence-corrected chi connectivity index (χ0v) is 14.7. The minimum Gasteiger partial charge on any atom is -0.486 e. The molecule has 2 aliphatic heterocycles. The fourth-order valence-electron chi connectivity index (χ4n) is 3.88. The average molecular weight is 331 g/mol. The number of allylic oxidation sites excluding steroid dienone is 1. The number of hydrogen-bond donors (Lipinski definition) is 0. The third-order valence-corrected chi connectivity index (χ3v) is 4.96. The van der Waals surface area contributed by atoms with Crippen molar-refractivity contribution < 1.29 is 14.2 Å². The molecule has 2 atom stereocenters. The van der Waals surface area contributed by atoms with E-state index in [1.165, 1.54) is 12.8 Å². The maximum absolute atomic E-state index is 6.13. The van der Waals surface area contributed by atoms with Gasteiger partial charge in [-0.3, -0.25) is 4.90 Å². The molecule has 3 rings (SSSR count). The highest BCUT2D eigenvalue weighted by atomic mass is 16.6. The number of nitrogens with zero attached hydrogens (tertiary/aromatic N) is 1. The van der Waals surface area contributed by atoms with E-state index in [-0.39, 0.29) is 11.5 Å². The van der Waals surface area contributed by atoms with E-state index in [1.807, 2.05) is 30.3 Å². The fraction of sp³-hybridized carbons (Fsp3) is 0.600. The Bertz CT molecular complexity index is 547. The van der Waals surface area contributed by atoms with Crippen molar-refractivity contribution in [1.29, 1.82) is 0 Å². The van der Waals surface area contributed by atoms with Crippen LogP contribution in [0.1, 0.15) is 26.2 Å². The molecule has 0 radical (unpaired) electrons. The standard InChI is InChI=1S/C20H29NO3/c1-3-10-20(16-22-4-2)11-7-12-21(15-20)13-17-14-23-18-8-5-6-9-19(18)24-17/h3,5-6,8-9,17H,1,4,7,10-16H2,2H3. The summed E-state index contributed by atoms with van der Waals surface area (Å²) in [5, 5.41) is 0. The Morgan fingerprint density at radius 2 is 2.21 bits per heavy atom. The summed E-state index contributed by atoms with van der Waals surface area (Å²) in [5.41, 5.74) is 0.198. The smallest absolute Gasteiger partial charge is 0.161 e. The lowest BCUT2D eigenvalue weighted by atomic mass is 9.77. The number of rotatable bonds is 7. The van der Waals surface area contributed by atoms with Gasteiger partial charge in [0.2, 0.25) is 0 Å². The van der Waals surface area contributed by atoms with Crippen LogP contribution in [0.15, 0.2) is 36.9 Å². The van der Waals surface area contributed by atoms with Crippen LogP contribution in [0.25, 0.3) is 0 Å². The second kappa shape index (κ2) is 8.04. The summed E-state index contributed by atoms with van der Waals surface area (Å²) in [6.45, 7) is 11.3. The molecule has 0 spiro atoms. The van der Waals surface area contributed by atoms with Crippen molar-refractivity contribution >= 4 is 0 Å². The minimum atomic E-state index is 0.0894. The van der Waals surface area contributed by atoms with Crippen molar-refractivity contribution in [3.8, 4) is 11.5 Å². The van der Waals surface area contributed by atoms with Crippen LogP contribution in [-0.4, -0.2) is 50.5 Å². The number of benzene rings is 1. The van der Waals surface area contributed by atoms with Crippen LogP contribution in [0.5, 0.6) is 11.5 Å². The van der Waals surface area contributed by atoms with E-state index in [2.05, 4.69) is 18.4 Å². The molecular weight excluding hydrogens is 302 g/mol. The first-order valence-corrected chi connectivity index (χ1v) is 9.04. The van der Waals surface area contributed by atoms with Crippen LogP contribution in [0.2, 0.25) is 0 Å². The predicted molar refractivity (Wildman–Crippen MR) is 95.8 cm³/mol. The van der Waals surface area contributed by atoms with Crippen molar-refractivity contribution in [3.05, 3.63) is 36.9 Å². The van der Waals surface area contributed by atoms with Crippen molar-refractivity contribution in [2.45, 2.75) is 32.3 Å². The molecule has 4 heteroatoms. The van der Waals surface area contributed by atoms with Gasteiger partial charge in [0.25, 0.3) is 0 Å². The number of hydrogen-bond acceptors (Lipinski definition) is 4. The maximum Gasteiger partial charge on any atom is 0.161 e. The molecule has 2 aliphatic rings. The quantitative estimate of drug-likeness (QED) is 0.715. The first-order valence-electron chi connectivity index (χ1n) is 9.04. The molecule has 1 saturated heterocycles. The van der Waals surface area contributed by atoms with E-state index in [1.54, 1.807) is 0 Å². The Morgan fingerprint density at radius 1 is 1.38 bits per heavy atom. The summed E-state index contributed by atoms with van der Waals surface area (Å²) in [4.78, 5) is 2.51. The van der Waals surface area contributed by atoms with E-state index in [0.29, 0.717) is 6.61 Å². The van der Waals surface area contributed by atoms with Gasteiger partial charge in [-0.15, -0.1) is 6.58 Å². The van der Waals surface area contributed by atoms with Gasteiger partial charge in [0.1, 0.15) is 12.7 Å². The third kappa shape index (κ3) is 4.11. The molecule has 24 heavy (non-hydrogen) atoms. The first kappa shape index (κ1) is 17.3. The van der Waals surface area contributed by atoms with Crippen LogP contribution in [0.3, 0.4) is 0 Å². The van der Waals surface area contributed by atoms with Crippen LogP contribution in [-0.2, 0) is 4.74 Å². The summed E-state index contributed by atoms with van der Waals surface area (Å²) in [6, 6.07) is 7.91. The highest BCUT2D eigenvalue weighted by Crippen LogP contribution is 2.35. The van der Waals surface area contributed by atoms with Gasteiger partial charge in [-0.05, 0) is 44.9 Å². The Labute approximate surface area is 145 Å². The van der Waals surface area contributed by atoms with Crippen LogP contribution >= 0.6 is 0 Å². The number of piperidine rings is 1. The Morgan fingerprint density at radius 3 is 3.00 bits per heavy atom. The number of ether oxygens (including phenoxy) is 3. The number of likely N-dealkylation sites (tertiary alicyclic amines) is 1. The van der Waals surface area contributed by atoms with Crippen molar-refractivity contribution in [2.75, 3.05) is 39.5 Å². The molecule has 0 N–H and O–H groups in total. The summed E-state index contributed by atoms with van der Waals surface area (Å²) >= 11 is 0. The molecule has 2 heterocycles. The van der Waals surface area contributed by atoms with Crippen LogP contribution in [0.4, 0.5) is 0 Å². The molecule has 0 aliphatic carbocycles. The Balaban J connectivity index is 1.60. The fourth-order valence-corrected chi connectivity index (χ4v) is 3.88. The van der Waals surface area contributed by atoms with Crippen LogP contribution in [0, 0.1) is 5.41 Å². The number of fused-ring (bicyclic) bond motifs is 1. The lowest BCUT2D eigenvalue weighted by Gasteiger charge is -2.43. The van der Waals surface area contributed by atoms with Gasteiger partial charge in [-0.25, -0.2) is 0 Å². The molecule has 0 amide bonds. The lowest BCUT2D eigenvalue weighted by molar-refractivity contribution is -0.0196. The molecule has 4 nitrogen and oxygen atoms in total. The van der Waals surface area contributed by atoms with E-state index >= 15 is 0 Å². The normalized spacial score (nSPS) is 27.0. The lowest BCUT2D eigenvalue weighted by Crippen LogP contribution is -2.50. The van der Waals surface area contributed by atoms with Crippen molar-refractivity contribution in [2.24, 2.45) is 5.41 Å². The van der Waals surface area contributed by atoms with Gasteiger partial charge in [0.15, 0.2) is 11.5 Å². The number of para-hydroxylation sites is 2. The molecule has 0 saturated carbocycles. The van der Waals surface area contributed by atoms with Gasteiger partial charge in [0.05, 0.1) is 6.61 Å². The van der Waals surface area contributed by atoms with Crippen molar-refractivity contribution in [3.63, 3.8) is 0 Å². The summed E-state index contributed by atoms with van der Waals surface area (Å²) in [5.74, 6) is 1.71. The third-order valence-electron chi connectivity index (χ3n) is 4.96. The molecule has 0 aromatic heterocycles. The molecule has 1 aromatic carbocycles. The first-order chi connectivity index (χ1) is 11.7. The average Bonchev–Trinajstić information content (AvgIpc) is 2.60. The second-order valence-corrected chi connectivity index (χ2v) is 6.97. The molecule has 132 valence electrons. The predicted octanol–water partition coefficient (Wildman–Crippen LogP) is 3.52. The summed E-state index contributed by atoms with van der Waals surface area (Å²) in [6.07, 6.45) is 5.55. The van der Waals surface area contributed by atoms with Crippen molar-refractivity contribution in [1.82, 2.24) is 4.90 Å². The molecule has 2 unspecified atom stereocenters.